The summed E-state index contributed by atoms with van der Waals surface area (Å²) in [6.45, 7) is 0. The normalized spacial score (nSPS) is 23.3. The molecule has 2 rings (SSSR count). The average Bonchev–Trinajstić information content (AvgIpc) is 2.47. The third-order valence-corrected chi connectivity index (χ3v) is 1.05. The molecule has 0 atom stereocenters. The standard InChI is InChI=1S/2C3H5O.Mg/c2*4-3-1-2-3;/h2*3H,1-2H2;/q2*-1;+2. The van der Waals surface area contributed by atoms with Crippen molar-refractivity contribution in [1.82, 2.24) is 0 Å². The van der Waals surface area contributed by atoms with Gasteiger partial charge in [-0.1, -0.05) is 25.7 Å². The first kappa shape index (κ1) is 9.69. The molecule has 0 aliphatic heterocycles. The Hall–Kier alpha value is 0.686. The number of rotatable bonds is 0. The van der Waals surface area contributed by atoms with E-state index >= 15 is 0 Å². The minimum absolute atomic E-state index is 0. The smallest absolute Gasteiger partial charge is 0.852 e. The van der Waals surface area contributed by atoms with Crippen molar-refractivity contribution in [2.24, 2.45) is 0 Å². The van der Waals surface area contributed by atoms with Gasteiger partial charge in [-0.05, 0) is 0 Å². The van der Waals surface area contributed by atoms with E-state index in [0.29, 0.717) is 0 Å². The predicted molar refractivity (Wildman–Crippen MR) is 31.8 cm³/mol. The Balaban J connectivity index is 0.000000128. The molecule has 0 saturated heterocycles. The topological polar surface area (TPSA) is 46.1 Å². The first-order valence-electron chi connectivity index (χ1n) is 3.10. The second kappa shape index (κ2) is 4.49. The fraction of sp³-hybridized carbons (Fsp3) is 1.00. The van der Waals surface area contributed by atoms with Crippen molar-refractivity contribution >= 4 is 23.1 Å². The van der Waals surface area contributed by atoms with Crippen LogP contribution in [0.5, 0.6) is 0 Å². The van der Waals surface area contributed by atoms with E-state index in [9.17, 15) is 10.2 Å². The molecule has 0 heterocycles. The Morgan fingerprint density at radius 1 is 0.778 bits per heavy atom. The van der Waals surface area contributed by atoms with Gasteiger partial charge in [0.2, 0.25) is 0 Å². The Kier molecular flexibility index (Phi) is 4.84. The zero-order chi connectivity index (χ0) is 5.98. The van der Waals surface area contributed by atoms with Crippen LogP contribution in [0.2, 0.25) is 0 Å². The van der Waals surface area contributed by atoms with Crippen LogP contribution in [0.15, 0.2) is 0 Å². The quantitative estimate of drug-likeness (QED) is 0.388. The summed E-state index contributed by atoms with van der Waals surface area (Å²) in [6, 6.07) is 0. The molecule has 0 spiro atoms. The summed E-state index contributed by atoms with van der Waals surface area (Å²) in [5.41, 5.74) is 0. The average molecular weight is 138 g/mol. The van der Waals surface area contributed by atoms with Gasteiger partial charge in [0, 0.05) is 0 Å². The molecule has 0 amide bonds. The molecule has 48 valence electrons. The van der Waals surface area contributed by atoms with E-state index in [0.717, 1.165) is 25.7 Å². The third-order valence-electron chi connectivity index (χ3n) is 1.05. The summed E-state index contributed by atoms with van der Waals surface area (Å²) in [7, 11) is 0. The van der Waals surface area contributed by atoms with Crippen LogP contribution >= 0.6 is 0 Å². The van der Waals surface area contributed by atoms with Gasteiger partial charge in [0.25, 0.3) is 0 Å². The summed E-state index contributed by atoms with van der Waals surface area (Å²) >= 11 is 0. The van der Waals surface area contributed by atoms with E-state index in [1.807, 2.05) is 0 Å². The van der Waals surface area contributed by atoms with Gasteiger partial charge in [0.15, 0.2) is 0 Å². The van der Waals surface area contributed by atoms with E-state index in [2.05, 4.69) is 0 Å². The Morgan fingerprint density at radius 2 is 0.889 bits per heavy atom. The molecule has 0 aromatic rings. The molecule has 0 aromatic carbocycles. The van der Waals surface area contributed by atoms with Gasteiger partial charge in [-0.2, -0.15) is 0 Å². The first-order valence-corrected chi connectivity index (χ1v) is 3.10. The number of hydrogen-bond acceptors (Lipinski definition) is 2. The maximum atomic E-state index is 9.64. The SMILES string of the molecule is [Mg+2].[O-]C1CC1.[O-]C1CC1. The summed E-state index contributed by atoms with van der Waals surface area (Å²) in [4.78, 5) is 0. The van der Waals surface area contributed by atoms with Gasteiger partial charge in [-0.3, -0.25) is 0 Å². The van der Waals surface area contributed by atoms with Gasteiger partial charge >= 0.3 is 23.1 Å². The van der Waals surface area contributed by atoms with Crippen molar-refractivity contribution < 1.29 is 10.2 Å². The van der Waals surface area contributed by atoms with Crippen LogP contribution in [0.25, 0.3) is 0 Å². The summed E-state index contributed by atoms with van der Waals surface area (Å²) in [6.07, 6.45) is 3.39. The molecule has 0 unspecified atom stereocenters. The fourth-order valence-corrected chi connectivity index (χ4v) is 0.136. The zero-order valence-corrected chi connectivity index (χ0v) is 6.92. The third kappa shape index (κ3) is 8.69. The molecule has 0 N–H and O–H groups in total. The van der Waals surface area contributed by atoms with E-state index < -0.39 is 0 Å². The molecule has 3 heteroatoms. The van der Waals surface area contributed by atoms with Crippen LogP contribution in [-0.2, 0) is 0 Å². The largest absolute Gasteiger partial charge is 2.00 e. The van der Waals surface area contributed by atoms with E-state index in [1.165, 1.54) is 0 Å². The minimum Gasteiger partial charge on any atom is -0.852 e. The Bertz CT molecular complexity index is 59.5. The molecular weight excluding hydrogens is 128 g/mol. The van der Waals surface area contributed by atoms with Crippen LogP contribution in [0.1, 0.15) is 25.7 Å². The second-order valence-corrected chi connectivity index (χ2v) is 2.40. The maximum absolute atomic E-state index is 9.64. The molecule has 0 bridgehead atoms. The summed E-state index contributed by atoms with van der Waals surface area (Å²) < 4.78 is 0. The molecule has 9 heavy (non-hydrogen) atoms. The van der Waals surface area contributed by atoms with Crippen molar-refractivity contribution in [3.05, 3.63) is 0 Å². The molecule has 2 saturated carbocycles. The zero-order valence-electron chi connectivity index (χ0n) is 5.51. The molecule has 2 aliphatic rings. The van der Waals surface area contributed by atoms with Crippen LogP contribution in [0.3, 0.4) is 0 Å². The van der Waals surface area contributed by atoms with Gasteiger partial charge in [-0.15, -0.1) is 12.2 Å². The van der Waals surface area contributed by atoms with E-state index in [4.69, 9.17) is 0 Å². The van der Waals surface area contributed by atoms with Crippen LogP contribution in [-0.4, -0.2) is 35.3 Å². The Labute approximate surface area is 71.4 Å². The fourth-order valence-electron chi connectivity index (χ4n) is 0.136. The van der Waals surface area contributed by atoms with Crippen molar-refractivity contribution in [3.63, 3.8) is 0 Å². The van der Waals surface area contributed by atoms with Crippen molar-refractivity contribution in [1.29, 1.82) is 0 Å². The molecule has 2 nitrogen and oxygen atoms in total. The van der Waals surface area contributed by atoms with E-state index in [1.54, 1.807) is 0 Å². The minimum atomic E-state index is -0.167. The second-order valence-electron chi connectivity index (χ2n) is 2.40. The number of hydrogen-bond donors (Lipinski definition) is 0. The molecular formula is C6H10MgO2. The molecule has 0 aromatic heterocycles. The monoisotopic (exact) mass is 138 g/mol. The van der Waals surface area contributed by atoms with Crippen LogP contribution in [0.4, 0.5) is 0 Å². The van der Waals surface area contributed by atoms with Crippen LogP contribution in [0, 0.1) is 0 Å². The predicted octanol–water partition coefficient (Wildman–Crippen LogP) is -1.36. The van der Waals surface area contributed by atoms with E-state index in [-0.39, 0.29) is 35.3 Å². The van der Waals surface area contributed by atoms with Crippen molar-refractivity contribution in [3.8, 4) is 0 Å². The van der Waals surface area contributed by atoms with Crippen LogP contribution < -0.4 is 10.2 Å². The van der Waals surface area contributed by atoms with Crippen molar-refractivity contribution in [2.75, 3.05) is 0 Å². The van der Waals surface area contributed by atoms with Gasteiger partial charge in [0.05, 0.1) is 0 Å². The molecule has 0 radical (unpaired) electrons. The summed E-state index contributed by atoms with van der Waals surface area (Å²) in [5, 5.41) is 19.3. The van der Waals surface area contributed by atoms with Gasteiger partial charge in [-0.25, -0.2) is 0 Å². The van der Waals surface area contributed by atoms with Gasteiger partial charge in [0.1, 0.15) is 0 Å². The maximum Gasteiger partial charge on any atom is 2.00 e. The first-order chi connectivity index (χ1) is 3.79. The Morgan fingerprint density at radius 3 is 0.889 bits per heavy atom. The van der Waals surface area contributed by atoms with Crippen molar-refractivity contribution in [2.45, 2.75) is 37.9 Å². The van der Waals surface area contributed by atoms with Gasteiger partial charge < -0.3 is 10.2 Å². The molecule has 2 fully saturated rings. The summed E-state index contributed by atoms with van der Waals surface area (Å²) in [5.74, 6) is 0. The molecule has 2 aliphatic carbocycles.